The second kappa shape index (κ2) is 14.7. The van der Waals surface area contributed by atoms with E-state index >= 15 is 0 Å². The summed E-state index contributed by atoms with van der Waals surface area (Å²) in [6.45, 7) is 2.29. The van der Waals surface area contributed by atoms with Crippen molar-refractivity contribution in [1.29, 1.82) is 0 Å². The van der Waals surface area contributed by atoms with Crippen molar-refractivity contribution in [1.82, 2.24) is 19.4 Å². The lowest BCUT2D eigenvalue weighted by Crippen LogP contribution is -2.41. The van der Waals surface area contributed by atoms with Crippen LogP contribution in [0, 0.1) is 5.92 Å². The number of Topliss-reactive ketones (excluding diaryl/α,β-unsaturated/α-hetero) is 1. The van der Waals surface area contributed by atoms with E-state index < -0.39 is 40.4 Å². The number of imidazole rings is 1. The van der Waals surface area contributed by atoms with Crippen LogP contribution in [-0.4, -0.2) is 63.8 Å². The number of ketones is 1. The topological polar surface area (TPSA) is 71.6 Å². The molecule has 7 rings (SSSR count). The van der Waals surface area contributed by atoms with Crippen molar-refractivity contribution in [2.75, 3.05) is 32.7 Å². The Morgan fingerprint density at radius 1 is 0.852 bits per heavy atom. The zero-order valence-corrected chi connectivity index (χ0v) is 30.2. The summed E-state index contributed by atoms with van der Waals surface area (Å²) in [6, 6.07) is 17.3. The smallest absolute Gasteiger partial charge is 0.416 e. The molecule has 0 radical (unpaired) electrons. The number of para-hydroxylation sites is 2. The van der Waals surface area contributed by atoms with Crippen LogP contribution in [0.15, 0.2) is 83.5 Å². The largest absolute Gasteiger partial charge is 0.467 e. The lowest BCUT2D eigenvalue weighted by Gasteiger charge is -2.36. The summed E-state index contributed by atoms with van der Waals surface area (Å²) in [5.74, 6) is -0.149. The second-order valence-electron chi connectivity index (χ2n) is 14.0. The maximum atomic E-state index is 13.9. The summed E-state index contributed by atoms with van der Waals surface area (Å²) in [7, 11) is 0. The Hall–Kier alpha value is -4.33. The first-order valence-electron chi connectivity index (χ1n) is 17.4. The minimum absolute atomic E-state index is 0.00859. The number of alkyl halides is 6. The van der Waals surface area contributed by atoms with Gasteiger partial charge < -0.3 is 18.8 Å². The number of benzene rings is 3. The zero-order chi connectivity index (χ0) is 38.4. The molecule has 2 fully saturated rings. The highest BCUT2D eigenvalue weighted by Crippen LogP contribution is 2.42. The predicted molar refractivity (Wildman–Crippen MR) is 191 cm³/mol. The summed E-state index contributed by atoms with van der Waals surface area (Å²) in [5.41, 5.74) is -2.20. The summed E-state index contributed by atoms with van der Waals surface area (Å²) in [4.78, 5) is 35.8. The number of fused-ring (bicyclic) bond motifs is 1. The molecule has 15 heteroatoms. The Morgan fingerprint density at radius 2 is 1.56 bits per heavy atom. The molecule has 54 heavy (non-hydrogen) atoms. The van der Waals surface area contributed by atoms with Crippen molar-refractivity contribution < 1.29 is 40.3 Å². The maximum Gasteiger partial charge on any atom is 0.416 e. The Bertz CT molecular complexity index is 2140. The van der Waals surface area contributed by atoms with E-state index in [2.05, 4.69) is 4.90 Å². The van der Waals surface area contributed by atoms with Crippen molar-refractivity contribution in [3.8, 4) is 0 Å². The molecule has 0 aliphatic carbocycles. The second-order valence-corrected chi connectivity index (χ2v) is 14.8. The summed E-state index contributed by atoms with van der Waals surface area (Å²) < 4.78 is 89.1. The number of amides is 1. The molecule has 1 amide bonds. The first-order chi connectivity index (χ1) is 25.6. The molecule has 2 aromatic heterocycles. The van der Waals surface area contributed by atoms with Crippen molar-refractivity contribution in [2.24, 2.45) is 5.92 Å². The molecule has 0 bridgehead atoms. The van der Waals surface area contributed by atoms with E-state index in [-0.39, 0.29) is 35.9 Å². The number of carbonyl (C=O) groups excluding carboxylic acids is 2. The van der Waals surface area contributed by atoms with Crippen LogP contribution in [0.25, 0.3) is 11.0 Å². The van der Waals surface area contributed by atoms with Crippen LogP contribution in [0.4, 0.5) is 26.3 Å². The van der Waals surface area contributed by atoms with Gasteiger partial charge in [-0.2, -0.15) is 26.3 Å². The standard InChI is InChI=1S/C39H34Cl2F6N4O3/c40-30-8-7-26(21-31(30)41)37(12-16-50(23-37)36(53)25-18-27(38(42,43)44)20-28(19-25)39(45,46)47)11-15-49-13-9-24(10-14-49)34(52)35-48-32-5-1-2-6-33(32)51(35)22-29-4-3-17-54-29/h1-8,17-21,24H,9-16,22-23H2. The summed E-state index contributed by atoms with van der Waals surface area (Å²) in [6.07, 6.45) is -6.52. The predicted octanol–water partition coefficient (Wildman–Crippen LogP) is 9.79. The van der Waals surface area contributed by atoms with Gasteiger partial charge in [-0.25, -0.2) is 4.98 Å². The number of nitrogens with zero attached hydrogens (tertiary/aromatic N) is 4. The van der Waals surface area contributed by atoms with Gasteiger partial charge in [0.05, 0.1) is 45.0 Å². The molecule has 2 aliphatic rings. The monoisotopic (exact) mass is 790 g/mol. The highest BCUT2D eigenvalue weighted by atomic mass is 35.5. The normalized spacial score (nSPS) is 18.9. The zero-order valence-electron chi connectivity index (χ0n) is 28.7. The molecule has 5 aromatic rings. The van der Waals surface area contributed by atoms with Gasteiger partial charge in [-0.15, -0.1) is 0 Å². The third-order valence-corrected chi connectivity index (χ3v) is 11.4. The molecule has 1 atom stereocenters. The van der Waals surface area contributed by atoms with Crippen LogP contribution in [0.5, 0.6) is 0 Å². The Kier molecular flexibility index (Phi) is 10.4. The summed E-state index contributed by atoms with van der Waals surface area (Å²) in [5, 5.41) is 0.595. The van der Waals surface area contributed by atoms with Gasteiger partial charge in [-0.05, 0) is 105 Å². The van der Waals surface area contributed by atoms with Crippen molar-refractivity contribution in [3.05, 3.63) is 123 Å². The minimum atomic E-state index is -5.09. The number of hydrogen-bond acceptors (Lipinski definition) is 5. The number of piperidine rings is 1. The minimum Gasteiger partial charge on any atom is -0.467 e. The number of carbonyl (C=O) groups is 2. The maximum absolute atomic E-state index is 13.9. The first-order valence-corrected chi connectivity index (χ1v) is 18.2. The van der Waals surface area contributed by atoms with Gasteiger partial charge in [0, 0.05) is 30.0 Å². The van der Waals surface area contributed by atoms with Gasteiger partial charge in [0.2, 0.25) is 5.78 Å². The molecule has 0 N–H and O–H groups in total. The molecule has 0 spiro atoms. The molecule has 7 nitrogen and oxygen atoms in total. The molecule has 2 saturated heterocycles. The quantitative estimate of drug-likeness (QED) is 0.110. The fourth-order valence-corrected chi connectivity index (χ4v) is 7.97. The van der Waals surface area contributed by atoms with Crippen LogP contribution in [0.3, 0.4) is 0 Å². The van der Waals surface area contributed by atoms with Gasteiger partial charge in [0.25, 0.3) is 5.91 Å². The van der Waals surface area contributed by atoms with E-state index in [4.69, 9.17) is 32.6 Å². The van der Waals surface area contributed by atoms with Gasteiger partial charge in [0.1, 0.15) is 5.76 Å². The Balaban J connectivity index is 1.07. The van der Waals surface area contributed by atoms with E-state index in [0.717, 1.165) is 16.6 Å². The van der Waals surface area contributed by atoms with Crippen LogP contribution < -0.4 is 0 Å². The van der Waals surface area contributed by atoms with Crippen molar-refractivity contribution >= 4 is 45.9 Å². The van der Waals surface area contributed by atoms with Gasteiger partial charge >= 0.3 is 12.4 Å². The molecule has 4 heterocycles. The molecular formula is C39H34Cl2F6N4O3. The van der Waals surface area contributed by atoms with Gasteiger partial charge in [-0.1, -0.05) is 41.4 Å². The van der Waals surface area contributed by atoms with Gasteiger partial charge in [0.15, 0.2) is 5.82 Å². The highest BCUT2D eigenvalue weighted by molar-refractivity contribution is 6.42. The number of likely N-dealkylation sites (tertiary alicyclic amines) is 2. The number of hydrogen-bond donors (Lipinski definition) is 0. The van der Waals surface area contributed by atoms with E-state index in [9.17, 15) is 35.9 Å². The van der Waals surface area contributed by atoms with E-state index in [0.29, 0.717) is 80.6 Å². The lowest BCUT2D eigenvalue weighted by molar-refractivity contribution is -0.143. The molecule has 284 valence electrons. The van der Waals surface area contributed by atoms with Crippen molar-refractivity contribution in [2.45, 2.75) is 50.0 Å². The SMILES string of the molecule is O=C(c1nc2ccccc2n1Cc1ccco1)C1CCN(CCC2(c3ccc(Cl)c(Cl)c3)CCN(C(=O)c3cc(C(F)(F)F)cc(C(F)(F)F)c3)C2)CC1. The summed E-state index contributed by atoms with van der Waals surface area (Å²) >= 11 is 12.6. The number of aromatic nitrogens is 2. The Labute approximate surface area is 316 Å². The Morgan fingerprint density at radius 3 is 2.20 bits per heavy atom. The average molecular weight is 792 g/mol. The molecule has 2 aliphatic heterocycles. The average Bonchev–Trinajstić information content (AvgIpc) is 3.91. The van der Waals surface area contributed by atoms with E-state index in [1.54, 1.807) is 30.5 Å². The van der Waals surface area contributed by atoms with Crippen molar-refractivity contribution in [3.63, 3.8) is 0 Å². The number of halogens is 8. The molecule has 0 saturated carbocycles. The highest BCUT2D eigenvalue weighted by Gasteiger charge is 2.44. The molecule has 1 unspecified atom stereocenters. The van der Waals surface area contributed by atoms with Crippen LogP contribution in [0.2, 0.25) is 10.0 Å². The van der Waals surface area contributed by atoms with Crippen LogP contribution >= 0.6 is 23.2 Å². The first kappa shape index (κ1) is 38.0. The third kappa shape index (κ3) is 7.76. The third-order valence-electron chi connectivity index (χ3n) is 10.6. The lowest BCUT2D eigenvalue weighted by atomic mass is 9.76. The van der Waals surface area contributed by atoms with E-state index in [1.807, 2.05) is 34.9 Å². The van der Waals surface area contributed by atoms with Crippen LogP contribution in [0.1, 0.15) is 69.1 Å². The fourth-order valence-electron chi connectivity index (χ4n) is 7.67. The fraction of sp³-hybridized carbons (Fsp3) is 0.359. The van der Waals surface area contributed by atoms with Crippen LogP contribution in [-0.2, 0) is 24.3 Å². The number of furan rings is 1. The molecule has 3 aromatic carbocycles. The number of rotatable bonds is 9. The van der Waals surface area contributed by atoms with Gasteiger partial charge in [-0.3, -0.25) is 9.59 Å². The molecular weight excluding hydrogens is 757 g/mol. The van der Waals surface area contributed by atoms with E-state index in [1.165, 1.54) is 4.90 Å².